The predicted molar refractivity (Wildman–Crippen MR) is 71.7 cm³/mol. The first-order chi connectivity index (χ1) is 8.89. The highest BCUT2D eigenvalue weighted by molar-refractivity contribution is 5.88. The second-order valence-corrected chi connectivity index (χ2v) is 6.06. The number of piperidine rings is 1. The van der Waals surface area contributed by atoms with Gasteiger partial charge in [0.2, 0.25) is 0 Å². The van der Waals surface area contributed by atoms with Crippen molar-refractivity contribution in [2.75, 3.05) is 13.1 Å². The third-order valence-corrected chi connectivity index (χ3v) is 3.68. The summed E-state index contributed by atoms with van der Waals surface area (Å²) in [5, 5.41) is 8.93. The molecule has 0 aromatic heterocycles. The maximum absolute atomic E-state index is 14.1. The molecule has 104 valence electrons. The van der Waals surface area contributed by atoms with Crippen LogP contribution in [0.15, 0.2) is 18.2 Å². The Hall–Kier alpha value is -1.42. The smallest absolute Gasteiger partial charge is 0.338 e. The lowest BCUT2D eigenvalue weighted by molar-refractivity contribution is 0.0690. The SMILES string of the molecule is CC1(C)CCCN(Cc2cccc(C(=O)O)c2F)C1. The fourth-order valence-electron chi connectivity index (χ4n) is 2.79. The van der Waals surface area contributed by atoms with Gasteiger partial charge in [0.05, 0.1) is 5.56 Å². The average Bonchev–Trinajstić information content (AvgIpc) is 2.30. The molecule has 1 N–H and O–H groups in total. The number of benzene rings is 1. The third-order valence-electron chi connectivity index (χ3n) is 3.68. The van der Waals surface area contributed by atoms with Crippen LogP contribution in [0.3, 0.4) is 0 Å². The lowest BCUT2D eigenvalue weighted by atomic mass is 9.84. The zero-order valence-corrected chi connectivity index (χ0v) is 11.4. The van der Waals surface area contributed by atoms with Crippen LogP contribution in [0.25, 0.3) is 0 Å². The van der Waals surface area contributed by atoms with Gasteiger partial charge in [0.15, 0.2) is 0 Å². The molecule has 0 unspecified atom stereocenters. The summed E-state index contributed by atoms with van der Waals surface area (Å²) >= 11 is 0. The normalized spacial score (nSPS) is 19.3. The van der Waals surface area contributed by atoms with Crippen molar-refractivity contribution in [3.63, 3.8) is 0 Å². The molecule has 1 fully saturated rings. The van der Waals surface area contributed by atoms with Gasteiger partial charge in [-0.3, -0.25) is 4.90 Å². The van der Waals surface area contributed by atoms with Gasteiger partial charge in [0.25, 0.3) is 0 Å². The van der Waals surface area contributed by atoms with E-state index >= 15 is 0 Å². The minimum atomic E-state index is -1.21. The summed E-state index contributed by atoms with van der Waals surface area (Å²) in [5.41, 5.74) is 0.477. The van der Waals surface area contributed by atoms with Crippen LogP contribution in [0.4, 0.5) is 4.39 Å². The van der Waals surface area contributed by atoms with Gasteiger partial charge >= 0.3 is 5.97 Å². The molecule has 0 radical (unpaired) electrons. The van der Waals surface area contributed by atoms with Crippen molar-refractivity contribution in [3.8, 4) is 0 Å². The first-order valence-electron chi connectivity index (χ1n) is 6.62. The molecule has 1 aliphatic rings. The van der Waals surface area contributed by atoms with E-state index in [0.717, 1.165) is 19.5 Å². The summed E-state index contributed by atoms with van der Waals surface area (Å²) < 4.78 is 14.1. The van der Waals surface area contributed by atoms with E-state index in [1.54, 1.807) is 12.1 Å². The Labute approximate surface area is 113 Å². The first kappa shape index (κ1) is 14.0. The highest BCUT2D eigenvalue weighted by Crippen LogP contribution is 2.29. The summed E-state index contributed by atoms with van der Waals surface area (Å²) in [6, 6.07) is 4.58. The molecule has 0 bridgehead atoms. The van der Waals surface area contributed by atoms with Gasteiger partial charge in [-0.1, -0.05) is 26.0 Å². The van der Waals surface area contributed by atoms with Crippen LogP contribution >= 0.6 is 0 Å². The summed E-state index contributed by atoms with van der Waals surface area (Å²) in [7, 11) is 0. The maximum Gasteiger partial charge on any atom is 0.338 e. The number of carboxylic acids is 1. The molecule has 1 saturated heterocycles. The Bertz CT molecular complexity index is 485. The highest BCUT2D eigenvalue weighted by Gasteiger charge is 2.27. The Balaban J connectivity index is 2.15. The number of hydrogen-bond acceptors (Lipinski definition) is 2. The standard InChI is InChI=1S/C15H20FNO2/c1-15(2)7-4-8-17(10-15)9-11-5-3-6-12(13(11)16)14(18)19/h3,5-6H,4,7-10H2,1-2H3,(H,18,19). The van der Waals surface area contributed by atoms with Gasteiger partial charge in [-0.2, -0.15) is 0 Å². The minimum Gasteiger partial charge on any atom is -0.478 e. The number of nitrogens with zero attached hydrogens (tertiary/aromatic N) is 1. The number of halogens is 1. The molecule has 3 nitrogen and oxygen atoms in total. The lowest BCUT2D eigenvalue weighted by Gasteiger charge is -2.38. The van der Waals surface area contributed by atoms with E-state index < -0.39 is 11.8 Å². The number of rotatable bonds is 3. The molecule has 19 heavy (non-hydrogen) atoms. The maximum atomic E-state index is 14.1. The van der Waals surface area contributed by atoms with E-state index in [4.69, 9.17) is 5.11 Å². The van der Waals surface area contributed by atoms with Gasteiger partial charge in [-0.25, -0.2) is 9.18 Å². The Morgan fingerprint density at radius 3 is 2.84 bits per heavy atom. The molecule has 1 aromatic rings. The molecular formula is C15H20FNO2. The van der Waals surface area contributed by atoms with Crippen molar-refractivity contribution in [3.05, 3.63) is 35.1 Å². The average molecular weight is 265 g/mol. The van der Waals surface area contributed by atoms with E-state index in [1.807, 2.05) is 0 Å². The van der Waals surface area contributed by atoms with Crippen molar-refractivity contribution < 1.29 is 14.3 Å². The lowest BCUT2D eigenvalue weighted by Crippen LogP contribution is -2.39. The Morgan fingerprint density at radius 2 is 2.21 bits per heavy atom. The number of carboxylic acid groups (broad SMARTS) is 1. The fourth-order valence-corrected chi connectivity index (χ4v) is 2.79. The van der Waals surface area contributed by atoms with Crippen LogP contribution < -0.4 is 0 Å². The molecule has 0 atom stereocenters. The van der Waals surface area contributed by atoms with Crippen molar-refractivity contribution >= 4 is 5.97 Å². The van der Waals surface area contributed by atoms with Crippen LogP contribution in [0.2, 0.25) is 0 Å². The molecule has 0 spiro atoms. The Kier molecular flexibility index (Phi) is 3.90. The fraction of sp³-hybridized carbons (Fsp3) is 0.533. The zero-order chi connectivity index (χ0) is 14.0. The van der Waals surface area contributed by atoms with Crippen molar-refractivity contribution in [1.29, 1.82) is 0 Å². The predicted octanol–water partition coefficient (Wildman–Crippen LogP) is 3.15. The van der Waals surface area contributed by atoms with E-state index in [2.05, 4.69) is 18.7 Å². The minimum absolute atomic E-state index is 0.242. The molecular weight excluding hydrogens is 245 g/mol. The van der Waals surface area contributed by atoms with Crippen LogP contribution in [0, 0.1) is 11.2 Å². The molecule has 4 heteroatoms. The van der Waals surface area contributed by atoms with E-state index in [0.29, 0.717) is 12.1 Å². The number of aromatic carboxylic acids is 1. The van der Waals surface area contributed by atoms with Crippen LogP contribution in [-0.4, -0.2) is 29.1 Å². The van der Waals surface area contributed by atoms with Crippen LogP contribution in [0.1, 0.15) is 42.6 Å². The molecule has 1 aromatic carbocycles. The van der Waals surface area contributed by atoms with E-state index in [1.165, 1.54) is 12.5 Å². The summed E-state index contributed by atoms with van der Waals surface area (Å²) in [4.78, 5) is 13.1. The quantitative estimate of drug-likeness (QED) is 0.912. The monoisotopic (exact) mass is 265 g/mol. The Morgan fingerprint density at radius 1 is 1.47 bits per heavy atom. The van der Waals surface area contributed by atoms with Gasteiger partial charge in [0, 0.05) is 18.7 Å². The third kappa shape index (κ3) is 3.32. The van der Waals surface area contributed by atoms with Crippen LogP contribution in [0.5, 0.6) is 0 Å². The number of likely N-dealkylation sites (tertiary alicyclic amines) is 1. The molecule has 0 saturated carbocycles. The van der Waals surface area contributed by atoms with E-state index in [9.17, 15) is 9.18 Å². The summed E-state index contributed by atoms with van der Waals surface area (Å²) in [6.07, 6.45) is 2.29. The van der Waals surface area contributed by atoms with Crippen LogP contribution in [-0.2, 0) is 6.54 Å². The van der Waals surface area contributed by atoms with Gasteiger partial charge in [-0.15, -0.1) is 0 Å². The first-order valence-corrected chi connectivity index (χ1v) is 6.62. The topological polar surface area (TPSA) is 40.5 Å². The van der Waals surface area contributed by atoms with Gasteiger partial charge in [-0.05, 0) is 30.9 Å². The zero-order valence-electron chi connectivity index (χ0n) is 11.4. The molecule has 0 aliphatic carbocycles. The molecule has 2 rings (SSSR count). The second-order valence-electron chi connectivity index (χ2n) is 6.06. The van der Waals surface area contributed by atoms with Crippen molar-refractivity contribution in [1.82, 2.24) is 4.90 Å². The van der Waals surface area contributed by atoms with Gasteiger partial charge in [0.1, 0.15) is 5.82 Å². The largest absolute Gasteiger partial charge is 0.478 e. The van der Waals surface area contributed by atoms with Crippen molar-refractivity contribution in [2.45, 2.75) is 33.2 Å². The van der Waals surface area contributed by atoms with E-state index in [-0.39, 0.29) is 11.0 Å². The number of hydrogen-bond donors (Lipinski definition) is 1. The van der Waals surface area contributed by atoms with Crippen molar-refractivity contribution in [2.24, 2.45) is 5.41 Å². The summed E-state index contributed by atoms with van der Waals surface area (Å²) in [5.74, 6) is -1.81. The second kappa shape index (κ2) is 5.29. The number of carbonyl (C=O) groups is 1. The van der Waals surface area contributed by atoms with Gasteiger partial charge < -0.3 is 5.11 Å². The summed E-state index contributed by atoms with van der Waals surface area (Å²) in [6.45, 7) is 6.77. The molecule has 1 aliphatic heterocycles. The molecule has 1 heterocycles. The highest BCUT2D eigenvalue weighted by atomic mass is 19.1. The molecule has 0 amide bonds.